The molecule has 2 rings (SSSR count). The molecule has 2 aliphatic heterocycles. The maximum Gasteiger partial charge on any atom is 0.0997 e. The average Bonchev–Trinajstić information content (AvgIpc) is 2.53. The van der Waals surface area contributed by atoms with Crippen LogP contribution in [0, 0.1) is 0 Å². The highest BCUT2D eigenvalue weighted by molar-refractivity contribution is 9.09. The summed E-state index contributed by atoms with van der Waals surface area (Å²) >= 11 is 3.51. The molecule has 0 saturated carbocycles. The number of hydrogen-bond acceptors (Lipinski definition) is 2. The van der Waals surface area contributed by atoms with Crippen molar-refractivity contribution in [2.24, 2.45) is 0 Å². The molecule has 0 aromatic rings. The first-order chi connectivity index (χ1) is 6.80. The molecule has 1 spiro atoms. The lowest BCUT2D eigenvalue weighted by Gasteiger charge is -2.36. The molecule has 0 amide bonds. The Bertz CT molecular complexity index is 262. The van der Waals surface area contributed by atoms with E-state index in [0.29, 0.717) is 6.10 Å². The molecular formula is C12H21BrO2. The lowest BCUT2D eigenvalue weighted by atomic mass is 9.80. The van der Waals surface area contributed by atoms with Gasteiger partial charge in [0.2, 0.25) is 0 Å². The number of halogens is 1. The molecule has 15 heavy (non-hydrogen) atoms. The van der Waals surface area contributed by atoms with E-state index in [1.807, 2.05) is 0 Å². The molecule has 2 nitrogen and oxygen atoms in total. The Kier molecular flexibility index (Phi) is 2.73. The van der Waals surface area contributed by atoms with E-state index in [9.17, 15) is 0 Å². The summed E-state index contributed by atoms with van der Waals surface area (Å²) in [6.07, 6.45) is 3.64. The van der Waals surface area contributed by atoms with Crippen molar-refractivity contribution in [3.8, 4) is 0 Å². The lowest BCUT2D eigenvalue weighted by molar-refractivity contribution is -0.143. The third kappa shape index (κ3) is 1.87. The van der Waals surface area contributed by atoms with Gasteiger partial charge in [-0.25, -0.2) is 0 Å². The van der Waals surface area contributed by atoms with Crippen LogP contribution in [-0.2, 0) is 9.47 Å². The van der Waals surface area contributed by atoms with Crippen LogP contribution in [0.3, 0.4) is 0 Å². The summed E-state index contributed by atoms with van der Waals surface area (Å²) in [5, 5.41) is 0.936. The Morgan fingerprint density at radius 2 is 1.93 bits per heavy atom. The third-order valence-corrected chi connectivity index (χ3v) is 4.50. The molecule has 0 N–H and O–H groups in total. The molecule has 3 heteroatoms. The van der Waals surface area contributed by atoms with Crippen molar-refractivity contribution >= 4 is 15.9 Å². The minimum atomic E-state index is -0.159. The van der Waals surface area contributed by atoms with Crippen LogP contribution in [0.15, 0.2) is 0 Å². The van der Waals surface area contributed by atoms with Gasteiger partial charge in [-0.2, -0.15) is 0 Å². The van der Waals surface area contributed by atoms with Gasteiger partial charge in [-0.1, -0.05) is 15.9 Å². The summed E-state index contributed by atoms with van der Waals surface area (Å²) < 4.78 is 12.4. The van der Waals surface area contributed by atoms with Crippen LogP contribution < -0.4 is 0 Å². The summed E-state index contributed by atoms with van der Waals surface area (Å²) in [5.74, 6) is 0. The topological polar surface area (TPSA) is 18.5 Å². The predicted molar refractivity (Wildman–Crippen MR) is 64.5 cm³/mol. The molecule has 0 aromatic heterocycles. The zero-order chi connectivity index (χ0) is 11.3. The summed E-state index contributed by atoms with van der Waals surface area (Å²) in [6.45, 7) is 8.65. The first-order valence-corrected chi connectivity index (χ1v) is 6.86. The fourth-order valence-corrected chi connectivity index (χ4v) is 3.69. The molecule has 2 aliphatic rings. The van der Waals surface area contributed by atoms with Gasteiger partial charge < -0.3 is 9.47 Å². The van der Waals surface area contributed by atoms with Gasteiger partial charge in [0.05, 0.1) is 22.9 Å². The van der Waals surface area contributed by atoms with Gasteiger partial charge in [-0.3, -0.25) is 0 Å². The van der Waals surface area contributed by atoms with Gasteiger partial charge in [0.1, 0.15) is 0 Å². The van der Waals surface area contributed by atoms with Crippen molar-refractivity contribution in [3.05, 3.63) is 0 Å². The Labute approximate surface area is 101 Å². The second-order valence-corrected chi connectivity index (χ2v) is 6.62. The van der Waals surface area contributed by atoms with Crippen molar-refractivity contribution in [1.29, 1.82) is 0 Å². The van der Waals surface area contributed by atoms with Gasteiger partial charge in [-0.15, -0.1) is 0 Å². The predicted octanol–water partition coefficient (Wildman–Crippen LogP) is 3.28. The highest BCUT2D eigenvalue weighted by Gasteiger charge is 2.60. The first kappa shape index (κ1) is 11.9. The van der Waals surface area contributed by atoms with Crippen molar-refractivity contribution in [2.45, 2.75) is 69.9 Å². The SMILES string of the molecule is CC1(C)CC2(CCC(CBr)O2)C(C)(C)O1. The van der Waals surface area contributed by atoms with E-state index in [1.165, 1.54) is 0 Å². The average molecular weight is 277 g/mol. The van der Waals surface area contributed by atoms with Gasteiger partial charge in [0.25, 0.3) is 0 Å². The molecular weight excluding hydrogens is 256 g/mol. The number of alkyl halides is 1. The van der Waals surface area contributed by atoms with Crippen molar-refractivity contribution < 1.29 is 9.47 Å². The molecule has 0 bridgehead atoms. The maximum absolute atomic E-state index is 6.24. The smallest absolute Gasteiger partial charge is 0.0997 e. The summed E-state index contributed by atoms with van der Waals surface area (Å²) in [6, 6.07) is 0. The largest absolute Gasteiger partial charge is 0.368 e. The zero-order valence-electron chi connectivity index (χ0n) is 10.1. The van der Waals surface area contributed by atoms with Crippen LogP contribution in [0.2, 0.25) is 0 Å². The van der Waals surface area contributed by atoms with E-state index in [1.54, 1.807) is 0 Å². The number of ether oxygens (including phenoxy) is 2. The van der Waals surface area contributed by atoms with E-state index in [-0.39, 0.29) is 16.8 Å². The Morgan fingerprint density at radius 1 is 1.27 bits per heavy atom. The molecule has 2 saturated heterocycles. The normalized spacial score (nSPS) is 42.6. The van der Waals surface area contributed by atoms with Crippen LogP contribution >= 0.6 is 15.9 Å². The van der Waals surface area contributed by atoms with Gasteiger partial charge >= 0.3 is 0 Å². The van der Waals surface area contributed by atoms with Crippen molar-refractivity contribution in [3.63, 3.8) is 0 Å². The van der Waals surface area contributed by atoms with E-state index in [0.717, 1.165) is 24.6 Å². The second kappa shape index (κ2) is 3.44. The summed E-state index contributed by atoms with van der Waals surface area (Å²) in [4.78, 5) is 0. The van der Waals surface area contributed by atoms with E-state index >= 15 is 0 Å². The summed E-state index contributed by atoms with van der Waals surface area (Å²) in [7, 11) is 0. The van der Waals surface area contributed by atoms with Gasteiger partial charge in [-0.05, 0) is 40.5 Å². The molecule has 0 aliphatic carbocycles. The number of hydrogen-bond donors (Lipinski definition) is 0. The molecule has 2 unspecified atom stereocenters. The van der Waals surface area contributed by atoms with Crippen LogP contribution in [0.4, 0.5) is 0 Å². The lowest BCUT2D eigenvalue weighted by Crippen LogP contribution is -2.46. The minimum Gasteiger partial charge on any atom is -0.368 e. The van der Waals surface area contributed by atoms with Crippen LogP contribution in [0.5, 0.6) is 0 Å². The summed E-state index contributed by atoms with van der Waals surface area (Å²) in [5.41, 5.74) is -0.271. The molecule has 2 atom stereocenters. The Morgan fingerprint density at radius 3 is 2.33 bits per heavy atom. The molecule has 0 radical (unpaired) electrons. The zero-order valence-corrected chi connectivity index (χ0v) is 11.7. The molecule has 2 fully saturated rings. The fraction of sp³-hybridized carbons (Fsp3) is 1.00. The van der Waals surface area contributed by atoms with Crippen LogP contribution in [0.1, 0.15) is 47.0 Å². The standard InChI is InChI=1S/C12H21BrO2/c1-10(2)8-12(11(3,4)15-10)6-5-9(7-13)14-12/h9H,5-8H2,1-4H3. The van der Waals surface area contributed by atoms with Crippen LogP contribution in [-0.4, -0.2) is 28.2 Å². The highest BCUT2D eigenvalue weighted by atomic mass is 79.9. The minimum absolute atomic E-state index is 0.0509. The number of rotatable bonds is 1. The molecule has 88 valence electrons. The van der Waals surface area contributed by atoms with Crippen molar-refractivity contribution in [2.75, 3.05) is 5.33 Å². The van der Waals surface area contributed by atoms with E-state index < -0.39 is 0 Å². The quantitative estimate of drug-likeness (QED) is 0.685. The Balaban J connectivity index is 2.22. The maximum atomic E-state index is 6.24. The molecule has 0 aromatic carbocycles. The van der Waals surface area contributed by atoms with Crippen molar-refractivity contribution in [1.82, 2.24) is 0 Å². The van der Waals surface area contributed by atoms with Gasteiger partial charge in [0, 0.05) is 11.8 Å². The second-order valence-electron chi connectivity index (χ2n) is 5.98. The van der Waals surface area contributed by atoms with Gasteiger partial charge in [0.15, 0.2) is 0 Å². The van der Waals surface area contributed by atoms with Crippen LogP contribution in [0.25, 0.3) is 0 Å². The molecule has 2 heterocycles. The third-order valence-electron chi connectivity index (χ3n) is 3.77. The highest BCUT2D eigenvalue weighted by Crippen LogP contribution is 2.53. The fourth-order valence-electron chi connectivity index (χ4n) is 3.23. The first-order valence-electron chi connectivity index (χ1n) is 5.74. The monoisotopic (exact) mass is 276 g/mol. The van der Waals surface area contributed by atoms with E-state index in [4.69, 9.17) is 9.47 Å². The Hall–Kier alpha value is 0.400. The van der Waals surface area contributed by atoms with E-state index in [2.05, 4.69) is 43.6 Å².